The third-order valence-corrected chi connectivity index (χ3v) is 2.82. The average Bonchev–Trinajstić information content (AvgIpc) is 2.68. The molecule has 2 rings (SSSR count). The Morgan fingerprint density at radius 1 is 1.32 bits per heavy atom. The molecule has 2 heterocycles. The molecule has 0 fully saturated rings. The summed E-state index contributed by atoms with van der Waals surface area (Å²) >= 11 is 0. The Bertz CT molecular complexity index is 532. The van der Waals surface area contributed by atoms with Gasteiger partial charge in [-0.3, -0.25) is 14.7 Å². The van der Waals surface area contributed by atoms with E-state index in [1.54, 1.807) is 17.2 Å². The largest absolute Gasteiger partial charge is 0.444 e. The zero-order valence-corrected chi connectivity index (χ0v) is 11.7. The summed E-state index contributed by atoms with van der Waals surface area (Å²) < 4.78 is 5.32. The highest BCUT2D eigenvalue weighted by atomic mass is 16.6. The normalized spacial score (nSPS) is 14.2. The number of hydrogen-bond acceptors (Lipinski definition) is 4. The number of rotatable bonds is 1. The fraction of sp³-hybridized carbons (Fsp3) is 0.500. The molecule has 0 saturated carbocycles. The van der Waals surface area contributed by atoms with E-state index in [9.17, 15) is 9.59 Å². The number of Topliss-reactive ketones (excluding diaryl/α,β-unsaturated/α-hetero) is 1. The second-order valence-corrected chi connectivity index (χ2v) is 5.72. The van der Waals surface area contributed by atoms with Gasteiger partial charge in [-0.2, -0.15) is 0 Å². The fourth-order valence-corrected chi connectivity index (χ4v) is 1.91. The molecule has 5 heteroatoms. The lowest BCUT2D eigenvalue weighted by Gasteiger charge is -2.23. The van der Waals surface area contributed by atoms with Crippen LogP contribution in [0.15, 0.2) is 12.3 Å². The quantitative estimate of drug-likeness (QED) is 0.730. The monoisotopic (exact) mass is 262 g/mol. The topological polar surface area (TPSA) is 59.5 Å². The van der Waals surface area contributed by atoms with Crippen molar-refractivity contribution in [2.45, 2.75) is 46.4 Å². The van der Waals surface area contributed by atoms with Gasteiger partial charge in [-0.25, -0.2) is 4.79 Å². The average molecular weight is 262 g/mol. The number of aromatic nitrogens is 1. The first kappa shape index (κ1) is 13.5. The summed E-state index contributed by atoms with van der Waals surface area (Å²) in [5.41, 5.74) is 1.81. The van der Waals surface area contributed by atoms with Crippen molar-refractivity contribution in [1.82, 2.24) is 9.88 Å². The number of pyridine rings is 1. The molecule has 5 nitrogen and oxygen atoms in total. The highest BCUT2D eigenvalue weighted by Gasteiger charge is 2.28. The molecule has 0 saturated heterocycles. The molecule has 0 spiro atoms. The minimum atomic E-state index is -0.510. The molecule has 1 amide bonds. The zero-order valence-electron chi connectivity index (χ0n) is 11.7. The number of fused-ring (bicyclic) bond motifs is 1. The zero-order chi connectivity index (χ0) is 14.2. The lowest BCUT2D eigenvalue weighted by Crippen LogP contribution is -2.33. The van der Waals surface area contributed by atoms with Crippen molar-refractivity contribution in [2.24, 2.45) is 0 Å². The van der Waals surface area contributed by atoms with Crippen LogP contribution in [-0.2, 0) is 17.8 Å². The molecular weight excluding hydrogens is 244 g/mol. The molecule has 102 valence electrons. The van der Waals surface area contributed by atoms with E-state index in [0.29, 0.717) is 18.7 Å². The van der Waals surface area contributed by atoms with Gasteiger partial charge in [0.05, 0.1) is 18.8 Å². The van der Waals surface area contributed by atoms with Crippen LogP contribution in [0.3, 0.4) is 0 Å². The third-order valence-electron chi connectivity index (χ3n) is 2.82. The van der Waals surface area contributed by atoms with Crippen molar-refractivity contribution in [3.63, 3.8) is 0 Å². The van der Waals surface area contributed by atoms with Crippen LogP contribution in [0.4, 0.5) is 4.79 Å². The van der Waals surface area contributed by atoms with Crippen LogP contribution in [0, 0.1) is 0 Å². The van der Waals surface area contributed by atoms with E-state index in [1.807, 2.05) is 20.8 Å². The second kappa shape index (κ2) is 4.64. The Morgan fingerprint density at radius 3 is 2.58 bits per heavy atom. The van der Waals surface area contributed by atoms with Gasteiger partial charge in [-0.15, -0.1) is 0 Å². The van der Waals surface area contributed by atoms with E-state index in [4.69, 9.17) is 4.74 Å². The Hall–Kier alpha value is -1.91. The molecule has 0 bridgehead atoms. The fourth-order valence-electron chi connectivity index (χ4n) is 1.91. The van der Waals surface area contributed by atoms with Crippen LogP contribution in [0.25, 0.3) is 0 Å². The molecule has 1 aliphatic rings. The lowest BCUT2D eigenvalue weighted by atomic mass is 10.1. The second-order valence-electron chi connectivity index (χ2n) is 5.72. The summed E-state index contributed by atoms with van der Waals surface area (Å²) in [7, 11) is 0. The number of ether oxygens (including phenoxy) is 1. The number of carbonyl (C=O) groups is 2. The molecule has 0 unspecified atom stereocenters. The molecule has 0 atom stereocenters. The smallest absolute Gasteiger partial charge is 0.410 e. The summed E-state index contributed by atoms with van der Waals surface area (Å²) in [6.07, 6.45) is 1.20. The number of amides is 1. The molecule has 0 aromatic carbocycles. The van der Waals surface area contributed by atoms with Crippen LogP contribution in [0.1, 0.15) is 49.3 Å². The Balaban J connectivity index is 2.12. The number of hydrogen-bond donors (Lipinski definition) is 0. The van der Waals surface area contributed by atoms with Crippen molar-refractivity contribution >= 4 is 11.9 Å². The van der Waals surface area contributed by atoms with Crippen LogP contribution in [0.2, 0.25) is 0 Å². The standard InChI is InChI=1S/C14H18N2O3/c1-9(17)10-5-11-7-16(8-12(11)15-6-10)13(18)19-14(2,3)4/h5-6H,7-8H2,1-4H3. The van der Waals surface area contributed by atoms with Gasteiger partial charge >= 0.3 is 6.09 Å². The minimum Gasteiger partial charge on any atom is -0.444 e. The van der Waals surface area contributed by atoms with Gasteiger partial charge in [0.1, 0.15) is 5.60 Å². The van der Waals surface area contributed by atoms with Crippen molar-refractivity contribution in [1.29, 1.82) is 0 Å². The van der Waals surface area contributed by atoms with Gasteiger partial charge in [0.15, 0.2) is 5.78 Å². The molecule has 1 aliphatic heterocycles. The maximum atomic E-state index is 12.0. The van der Waals surface area contributed by atoms with E-state index >= 15 is 0 Å². The van der Waals surface area contributed by atoms with Crippen molar-refractivity contribution in [3.8, 4) is 0 Å². The molecule has 1 aromatic rings. The number of ketones is 1. The Morgan fingerprint density at radius 2 is 2.00 bits per heavy atom. The van der Waals surface area contributed by atoms with Crippen LogP contribution < -0.4 is 0 Å². The summed E-state index contributed by atoms with van der Waals surface area (Å²) in [6.45, 7) is 7.88. The molecular formula is C14H18N2O3. The lowest BCUT2D eigenvalue weighted by molar-refractivity contribution is 0.0240. The summed E-state index contributed by atoms with van der Waals surface area (Å²) in [5, 5.41) is 0. The first-order valence-electron chi connectivity index (χ1n) is 6.23. The first-order valence-corrected chi connectivity index (χ1v) is 6.23. The van der Waals surface area contributed by atoms with Crippen molar-refractivity contribution in [2.75, 3.05) is 0 Å². The van der Waals surface area contributed by atoms with Gasteiger partial charge in [-0.05, 0) is 39.3 Å². The number of nitrogens with zero attached hydrogens (tertiary/aromatic N) is 2. The Labute approximate surface area is 112 Å². The maximum absolute atomic E-state index is 12.0. The molecule has 0 aliphatic carbocycles. The highest BCUT2D eigenvalue weighted by molar-refractivity contribution is 5.94. The predicted molar refractivity (Wildman–Crippen MR) is 69.7 cm³/mol. The van der Waals surface area contributed by atoms with Gasteiger partial charge in [0.2, 0.25) is 0 Å². The van der Waals surface area contributed by atoms with E-state index in [-0.39, 0.29) is 11.9 Å². The van der Waals surface area contributed by atoms with Gasteiger partial charge in [0.25, 0.3) is 0 Å². The van der Waals surface area contributed by atoms with Gasteiger partial charge in [0, 0.05) is 11.8 Å². The summed E-state index contributed by atoms with van der Waals surface area (Å²) in [5.74, 6) is -0.0222. The van der Waals surface area contributed by atoms with Crippen molar-refractivity contribution < 1.29 is 14.3 Å². The third kappa shape index (κ3) is 3.10. The van der Waals surface area contributed by atoms with E-state index in [2.05, 4.69) is 4.98 Å². The minimum absolute atomic E-state index is 0.0222. The molecule has 19 heavy (non-hydrogen) atoms. The van der Waals surface area contributed by atoms with Gasteiger partial charge < -0.3 is 4.74 Å². The molecule has 0 radical (unpaired) electrons. The summed E-state index contributed by atoms with van der Waals surface area (Å²) in [4.78, 5) is 29.1. The van der Waals surface area contributed by atoms with E-state index in [1.165, 1.54) is 6.92 Å². The summed E-state index contributed by atoms with van der Waals surface area (Å²) in [6, 6.07) is 1.80. The van der Waals surface area contributed by atoms with Crippen LogP contribution in [-0.4, -0.2) is 27.4 Å². The van der Waals surface area contributed by atoms with Gasteiger partial charge in [-0.1, -0.05) is 0 Å². The number of carbonyl (C=O) groups excluding carboxylic acids is 2. The van der Waals surface area contributed by atoms with Crippen LogP contribution >= 0.6 is 0 Å². The van der Waals surface area contributed by atoms with E-state index in [0.717, 1.165) is 11.3 Å². The predicted octanol–water partition coefficient (Wildman–Crippen LogP) is 2.53. The maximum Gasteiger partial charge on any atom is 0.410 e. The van der Waals surface area contributed by atoms with Crippen molar-refractivity contribution in [3.05, 3.63) is 29.1 Å². The first-order chi connectivity index (χ1) is 8.76. The SMILES string of the molecule is CC(=O)c1cnc2c(c1)CN(C(=O)OC(C)(C)C)C2. The molecule has 0 N–H and O–H groups in total. The molecule has 1 aromatic heterocycles. The van der Waals surface area contributed by atoms with E-state index < -0.39 is 5.60 Å². The highest BCUT2D eigenvalue weighted by Crippen LogP contribution is 2.23. The van der Waals surface area contributed by atoms with Crippen LogP contribution in [0.5, 0.6) is 0 Å². The Kier molecular flexibility index (Phi) is 3.30.